The first-order chi connectivity index (χ1) is 12.0. The zero-order valence-corrected chi connectivity index (χ0v) is 13.8. The Kier molecular flexibility index (Phi) is 3.58. The van der Waals surface area contributed by atoms with Gasteiger partial charge in [0.1, 0.15) is 17.4 Å². The molecule has 2 aliphatic heterocycles. The highest BCUT2D eigenvalue weighted by Crippen LogP contribution is 2.37. The fraction of sp³-hybridized carbons (Fsp3) is 0.167. The lowest BCUT2D eigenvalue weighted by Gasteiger charge is -2.18. The van der Waals surface area contributed by atoms with Gasteiger partial charge in [-0.25, -0.2) is 9.29 Å². The molecule has 126 valence electrons. The molecule has 1 fully saturated rings. The Labute approximate surface area is 147 Å². The first-order valence-electron chi connectivity index (χ1n) is 7.61. The number of hydrogen-bond donors (Lipinski definition) is 0. The minimum atomic E-state index is -1.01. The maximum atomic E-state index is 13.1. The van der Waals surface area contributed by atoms with E-state index in [0.29, 0.717) is 27.5 Å². The molecule has 0 saturated carbocycles. The lowest BCUT2D eigenvalue weighted by atomic mass is 9.94. The van der Waals surface area contributed by atoms with Gasteiger partial charge in [-0.15, -0.1) is 0 Å². The number of carbonyl (C=O) groups excluding carboxylic acids is 2. The summed E-state index contributed by atoms with van der Waals surface area (Å²) in [7, 11) is 0. The van der Waals surface area contributed by atoms with E-state index in [1.807, 2.05) is 0 Å². The van der Waals surface area contributed by atoms with Crippen LogP contribution in [-0.2, 0) is 14.4 Å². The van der Waals surface area contributed by atoms with Crippen LogP contribution in [0.4, 0.5) is 10.1 Å². The molecule has 2 atom stereocenters. The van der Waals surface area contributed by atoms with Crippen molar-refractivity contribution in [1.82, 2.24) is 0 Å². The van der Waals surface area contributed by atoms with Gasteiger partial charge in [0.2, 0.25) is 12.0 Å². The van der Waals surface area contributed by atoms with E-state index in [2.05, 4.69) is 5.16 Å². The molecule has 0 N–H and O–H groups in total. The van der Waals surface area contributed by atoms with Gasteiger partial charge in [0.05, 0.1) is 5.69 Å². The average Bonchev–Trinajstić information content (AvgIpc) is 3.13. The lowest BCUT2D eigenvalue weighted by molar-refractivity contribution is -0.126. The largest absolute Gasteiger partial charge is 0.381 e. The molecule has 4 rings (SSSR count). The van der Waals surface area contributed by atoms with Crippen LogP contribution >= 0.6 is 11.6 Å². The van der Waals surface area contributed by atoms with Crippen molar-refractivity contribution in [3.05, 3.63) is 64.4 Å². The molecule has 2 aromatic rings. The summed E-state index contributed by atoms with van der Waals surface area (Å²) in [5.74, 6) is -2.16. The van der Waals surface area contributed by atoms with Crippen LogP contribution < -0.4 is 4.90 Å². The Balaban J connectivity index is 1.73. The molecule has 7 heteroatoms. The summed E-state index contributed by atoms with van der Waals surface area (Å²) in [5, 5.41) is 4.35. The van der Waals surface area contributed by atoms with Crippen molar-refractivity contribution < 1.29 is 18.8 Å². The van der Waals surface area contributed by atoms with Gasteiger partial charge in [-0.2, -0.15) is 0 Å². The van der Waals surface area contributed by atoms with Crippen LogP contribution in [0.1, 0.15) is 11.1 Å². The smallest absolute Gasteiger partial charge is 0.278 e. The van der Waals surface area contributed by atoms with Gasteiger partial charge < -0.3 is 4.84 Å². The van der Waals surface area contributed by atoms with Crippen molar-refractivity contribution in [3.8, 4) is 0 Å². The molecule has 5 nitrogen and oxygen atoms in total. The molecule has 2 amide bonds. The van der Waals surface area contributed by atoms with E-state index in [1.165, 1.54) is 24.3 Å². The van der Waals surface area contributed by atoms with Crippen molar-refractivity contribution in [1.29, 1.82) is 0 Å². The summed E-state index contributed by atoms with van der Waals surface area (Å²) in [6, 6.07) is 10.6. The second-order valence-electron chi connectivity index (χ2n) is 5.88. The van der Waals surface area contributed by atoms with Crippen molar-refractivity contribution in [2.45, 2.75) is 13.0 Å². The number of amides is 2. The standard InChI is InChI=1S/C18H12ClFN2O3/c1-9-12(19)3-2-4-13(9)22-17(23)14-15(21-25-16(14)18(22)24)10-5-7-11(20)8-6-10/h2-8,14,16H,1H3/t14-,16+/m0/s1. The summed E-state index contributed by atoms with van der Waals surface area (Å²) < 4.78 is 13.1. The van der Waals surface area contributed by atoms with Crippen molar-refractivity contribution >= 4 is 34.8 Å². The van der Waals surface area contributed by atoms with Gasteiger partial charge in [0, 0.05) is 10.6 Å². The lowest BCUT2D eigenvalue weighted by Crippen LogP contribution is -2.33. The Morgan fingerprint density at radius 2 is 1.84 bits per heavy atom. The van der Waals surface area contributed by atoms with Crippen LogP contribution in [0.15, 0.2) is 47.6 Å². The van der Waals surface area contributed by atoms with Crippen molar-refractivity contribution in [3.63, 3.8) is 0 Å². The molecule has 25 heavy (non-hydrogen) atoms. The second-order valence-corrected chi connectivity index (χ2v) is 6.29. The van der Waals surface area contributed by atoms with Crippen LogP contribution in [0.25, 0.3) is 0 Å². The molecule has 2 aromatic carbocycles. The van der Waals surface area contributed by atoms with E-state index >= 15 is 0 Å². The van der Waals surface area contributed by atoms with Gasteiger partial charge >= 0.3 is 0 Å². The number of anilines is 1. The number of carbonyl (C=O) groups is 2. The van der Waals surface area contributed by atoms with Gasteiger partial charge in [-0.3, -0.25) is 9.59 Å². The topological polar surface area (TPSA) is 59.0 Å². The molecule has 1 saturated heterocycles. The van der Waals surface area contributed by atoms with E-state index in [4.69, 9.17) is 16.4 Å². The summed E-state index contributed by atoms with van der Waals surface area (Å²) >= 11 is 6.11. The van der Waals surface area contributed by atoms with Crippen LogP contribution in [0.5, 0.6) is 0 Å². The Morgan fingerprint density at radius 1 is 1.12 bits per heavy atom. The number of oxime groups is 1. The summed E-state index contributed by atoms with van der Waals surface area (Å²) in [5.41, 5.74) is 1.93. The molecule has 0 aromatic heterocycles. The molecule has 0 aliphatic carbocycles. The third kappa shape index (κ3) is 2.33. The quantitative estimate of drug-likeness (QED) is 0.775. The van der Waals surface area contributed by atoms with Crippen LogP contribution in [0.3, 0.4) is 0 Å². The third-order valence-corrected chi connectivity index (χ3v) is 4.84. The van der Waals surface area contributed by atoms with Gasteiger partial charge in [0.25, 0.3) is 5.91 Å². The Morgan fingerprint density at radius 3 is 2.56 bits per heavy atom. The summed E-state index contributed by atoms with van der Waals surface area (Å²) in [4.78, 5) is 32.0. The summed E-state index contributed by atoms with van der Waals surface area (Å²) in [6.45, 7) is 1.74. The number of hydrogen-bond acceptors (Lipinski definition) is 4. The molecule has 0 radical (unpaired) electrons. The number of imide groups is 1. The van der Waals surface area contributed by atoms with E-state index in [-0.39, 0.29) is 0 Å². The highest BCUT2D eigenvalue weighted by molar-refractivity contribution is 6.34. The minimum Gasteiger partial charge on any atom is -0.381 e. The van der Waals surface area contributed by atoms with E-state index < -0.39 is 29.7 Å². The van der Waals surface area contributed by atoms with Crippen LogP contribution in [-0.4, -0.2) is 23.6 Å². The SMILES string of the molecule is Cc1c(Cl)cccc1N1C(=O)[C@H]2C(c3ccc(F)cc3)=NO[C@H]2C1=O. The molecule has 0 bridgehead atoms. The number of rotatable bonds is 2. The van der Waals surface area contributed by atoms with Gasteiger partial charge in [0.15, 0.2) is 0 Å². The number of fused-ring (bicyclic) bond motifs is 1. The number of halogens is 2. The predicted octanol–water partition coefficient (Wildman–Crippen LogP) is 3.08. The highest BCUT2D eigenvalue weighted by Gasteiger charge is 2.56. The van der Waals surface area contributed by atoms with Crippen molar-refractivity contribution in [2.24, 2.45) is 11.1 Å². The average molecular weight is 359 g/mol. The zero-order chi connectivity index (χ0) is 17.7. The number of nitrogens with zero attached hydrogens (tertiary/aromatic N) is 2. The van der Waals surface area contributed by atoms with Crippen molar-refractivity contribution in [2.75, 3.05) is 4.90 Å². The van der Waals surface area contributed by atoms with Crippen LogP contribution in [0.2, 0.25) is 5.02 Å². The first kappa shape index (κ1) is 15.8. The van der Waals surface area contributed by atoms with E-state index in [9.17, 15) is 14.0 Å². The minimum absolute atomic E-state index is 0.325. The highest BCUT2D eigenvalue weighted by atomic mass is 35.5. The van der Waals surface area contributed by atoms with E-state index in [0.717, 1.165) is 4.90 Å². The Hall–Kier alpha value is -2.73. The fourth-order valence-electron chi connectivity index (χ4n) is 3.11. The van der Waals surface area contributed by atoms with Crippen LogP contribution in [0, 0.1) is 18.7 Å². The third-order valence-electron chi connectivity index (χ3n) is 4.43. The normalized spacial score (nSPS) is 22.0. The molecule has 0 unspecified atom stereocenters. The maximum Gasteiger partial charge on any atom is 0.278 e. The second kappa shape index (κ2) is 5.67. The molecule has 2 aliphatic rings. The number of benzene rings is 2. The zero-order valence-electron chi connectivity index (χ0n) is 13.1. The van der Waals surface area contributed by atoms with Gasteiger partial charge in [-0.05, 0) is 36.8 Å². The monoisotopic (exact) mass is 358 g/mol. The molecular formula is C18H12ClFN2O3. The maximum absolute atomic E-state index is 13.1. The Bertz CT molecular complexity index is 926. The molecule has 0 spiro atoms. The van der Waals surface area contributed by atoms with Gasteiger partial charge in [-0.1, -0.05) is 35.0 Å². The fourth-order valence-corrected chi connectivity index (χ4v) is 3.28. The molecule has 2 heterocycles. The molecular weight excluding hydrogens is 347 g/mol. The summed E-state index contributed by atoms with van der Waals surface area (Å²) in [6.07, 6.45) is -1.01. The first-order valence-corrected chi connectivity index (χ1v) is 7.99. The van der Waals surface area contributed by atoms with E-state index in [1.54, 1.807) is 25.1 Å². The predicted molar refractivity (Wildman–Crippen MR) is 90.0 cm³/mol.